The predicted octanol–water partition coefficient (Wildman–Crippen LogP) is 1.43. The van der Waals surface area contributed by atoms with E-state index in [2.05, 4.69) is 6.92 Å². The normalized spacial score (nSPS) is 9.00. The lowest BCUT2D eigenvalue weighted by Crippen LogP contribution is -1.63. The Kier molecular flexibility index (Phi) is 1.33. The van der Waals surface area contributed by atoms with Gasteiger partial charge >= 0.3 is 0 Å². The number of rotatable bonds is 0. The first-order chi connectivity index (χ1) is 1.73. The van der Waals surface area contributed by atoms with Crippen molar-refractivity contribution in [2.75, 3.05) is 0 Å². The first-order valence-corrected chi connectivity index (χ1v) is 1.35. The highest BCUT2D eigenvalue weighted by Crippen LogP contribution is 1.84. The Morgan fingerprint density at radius 3 is 1.50 bits per heavy atom. The van der Waals surface area contributed by atoms with Crippen molar-refractivity contribution >= 4 is 0 Å². The summed E-state index contributed by atoms with van der Waals surface area (Å²) in [4.78, 5) is 0. The molecule has 0 aromatic rings. The van der Waals surface area contributed by atoms with Crippen LogP contribution in [-0.4, -0.2) is 0 Å². The van der Waals surface area contributed by atoms with Gasteiger partial charge in [-0.1, -0.05) is 13.8 Å². The van der Waals surface area contributed by atoms with Crippen LogP contribution < -0.4 is 0 Å². The molecule has 0 nitrogen and oxygen atoms in total. The van der Waals surface area contributed by atoms with E-state index in [1.165, 1.54) is 5.92 Å². The Labute approximate surface area is 27.8 Å². The molecule has 1 radical (unpaired) electrons. The molecule has 0 saturated carbocycles. The van der Waals surface area contributed by atoms with Crippen LogP contribution in [0.3, 0.4) is 0 Å². The van der Waals surface area contributed by atoms with Crippen LogP contribution >= 0.6 is 0 Å². The van der Waals surface area contributed by atoms with E-state index in [0.29, 0.717) is 0 Å². The average molecular weight is 56.1 g/mol. The standard InChI is InChI=1S/C4H8/c1-4(2)3/h1H2,2-3H3/q-1. The molecule has 0 fully saturated rings. The molecule has 0 aromatic carbocycles. The molecule has 0 spiro atoms. The Morgan fingerprint density at radius 1 is 1.50 bits per heavy atom. The number of hydrogen-bond acceptors (Lipinski definition) is 0. The predicted molar refractivity (Wildman–Crippen MR) is 19.9 cm³/mol. The molecule has 0 N–H and O–H groups in total. The van der Waals surface area contributed by atoms with Crippen molar-refractivity contribution in [3.8, 4) is 0 Å². The van der Waals surface area contributed by atoms with Gasteiger partial charge in [-0.25, -0.2) is 0 Å². The highest BCUT2D eigenvalue weighted by atomic mass is 13.7. The van der Waals surface area contributed by atoms with Crippen molar-refractivity contribution in [3.63, 3.8) is 0 Å². The molecule has 0 heteroatoms. The van der Waals surface area contributed by atoms with Crippen molar-refractivity contribution in [1.82, 2.24) is 0 Å². The van der Waals surface area contributed by atoms with E-state index >= 15 is 0 Å². The van der Waals surface area contributed by atoms with E-state index in [1.54, 1.807) is 0 Å². The Morgan fingerprint density at radius 2 is 1.50 bits per heavy atom. The van der Waals surface area contributed by atoms with Gasteiger partial charge in [0.05, 0.1) is 0 Å². The molecular weight excluding hydrogens is 48.0 g/mol. The third-order valence-electron chi connectivity index (χ3n) is 0. The summed E-state index contributed by atoms with van der Waals surface area (Å²) in [5.41, 5.74) is 0. The molecule has 0 atom stereocenters. The summed E-state index contributed by atoms with van der Waals surface area (Å²) < 4.78 is 0. The van der Waals surface area contributed by atoms with E-state index in [1.807, 2.05) is 13.8 Å². The van der Waals surface area contributed by atoms with E-state index < -0.39 is 0 Å². The second-order valence-corrected chi connectivity index (χ2v) is 1.21. The SMILES string of the molecule is [CH2-][C](C)C. The van der Waals surface area contributed by atoms with Gasteiger partial charge in [-0.05, 0) is 0 Å². The van der Waals surface area contributed by atoms with Crippen LogP contribution in [0.5, 0.6) is 0 Å². The lowest BCUT2D eigenvalue weighted by atomic mass is 10.3. The fraction of sp³-hybridized carbons (Fsp3) is 0.500. The molecule has 0 aromatic heterocycles. The third-order valence-corrected chi connectivity index (χ3v) is 0. The van der Waals surface area contributed by atoms with Crippen molar-refractivity contribution in [1.29, 1.82) is 0 Å². The summed E-state index contributed by atoms with van der Waals surface area (Å²) in [5, 5.41) is 0. The van der Waals surface area contributed by atoms with Crippen molar-refractivity contribution in [2.24, 2.45) is 0 Å². The summed E-state index contributed by atoms with van der Waals surface area (Å²) in [6.07, 6.45) is 0. The molecule has 0 unspecified atom stereocenters. The highest BCUT2D eigenvalue weighted by Gasteiger charge is 1.56. The lowest BCUT2D eigenvalue weighted by Gasteiger charge is -1.91. The molecular formula is C4H8-. The molecule has 0 amide bonds. The average Bonchev–Trinajstić information content (AvgIpc) is 0.811. The van der Waals surface area contributed by atoms with Crippen LogP contribution in [0.25, 0.3) is 0 Å². The molecule has 0 aliphatic heterocycles. The molecule has 0 bridgehead atoms. The van der Waals surface area contributed by atoms with Gasteiger partial charge in [0.2, 0.25) is 0 Å². The van der Waals surface area contributed by atoms with E-state index in [0.717, 1.165) is 0 Å². The largest absolute Gasteiger partial charge is 0.340 e. The van der Waals surface area contributed by atoms with Crippen molar-refractivity contribution in [2.45, 2.75) is 13.8 Å². The Bertz CT molecular complexity index is 4.75. The zero-order valence-corrected chi connectivity index (χ0v) is 3.21. The second kappa shape index (κ2) is 1.33. The monoisotopic (exact) mass is 56.1 g/mol. The van der Waals surface area contributed by atoms with Gasteiger partial charge in [-0.2, -0.15) is 5.92 Å². The summed E-state index contributed by atoms with van der Waals surface area (Å²) in [6.45, 7) is 7.50. The van der Waals surface area contributed by atoms with E-state index in [-0.39, 0.29) is 0 Å². The third kappa shape index (κ3) is 0. The topological polar surface area (TPSA) is 0 Å². The molecule has 0 aliphatic rings. The quantitative estimate of drug-likeness (QED) is 0.368. The first kappa shape index (κ1) is 4.00. The van der Waals surface area contributed by atoms with Gasteiger partial charge in [0.15, 0.2) is 0 Å². The van der Waals surface area contributed by atoms with Crippen LogP contribution in [0.15, 0.2) is 0 Å². The van der Waals surface area contributed by atoms with Gasteiger partial charge in [0.25, 0.3) is 0 Å². The highest BCUT2D eigenvalue weighted by molar-refractivity contribution is 4.78. The number of hydrogen-bond donors (Lipinski definition) is 0. The minimum atomic E-state index is 1.17. The first-order valence-electron chi connectivity index (χ1n) is 1.35. The maximum Gasteiger partial charge on any atom is -0.0894 e. The van der Waals surface area contributed by atoms with Crippen LogP contribution in [0, 0.1) is 12.8 Å². The van der Waals surface area contributed by atoms with Crippen LogP contribution in [-0.2, 0) is 0 Å². The van der Waals surface area contributed by atoms with Gasteiger partial charge in [-0.15, -0.1) is 0 Å². The lowest BCUT2D eigenvalue weighted by molar-refractivity contribution is 1.21. The minimum Gasteiger partial charge on any atom is -0.340 e. The van der Waals surface area contributed by atoms with Crippen LogP contribution in [0.4, 0.5) is 0 Å². The Balaban J connectivity index is 2.32. The molecule has 0 rings (SSSR count). The summed E-state index contributed by atoms with van der Waals surface area (Å²) in [5.74, 6) is 1.17. The van der Waals surface area contributed by atoms with Gasteiger partial charge in [0, 0.05) is 0 Å². The smallest absolute Gasteiger partial charge is 0.0894 e. The summed E-state index contributed by atoms with van der Waals surface area (Å²) in [7, 11) is 0. The van der Waals surface area contributed by atoms with Crippen molar-refractivity contribution < 1.29 is 0 Å². The fourth-order valence-electron chi connectivity index (χ4n) is 0. The molecule has 0 heterocycles. The van der Waals surface area contributed by atoms with Crippen LogP contribution in [0.2, 0.25) is 0 Å². The summed E-state index contributed by atoms with van der Waals surface area (Å²) in [6, 6.07) is 0. The van der Waals surface area contributed by atoms with Gasteiger partial charge in [-0.3, -0.25) is 0 Å². The fourth-order valence-corrected chi connectivity index (χ4v) is 0. The molecule has 4 heavy (non-hydrogen) atoms. The van der Waals surface area contributed by atoms with E-state index in [4.69, 9.17) is 0 Å². The maximum absolute atomic E-state index is 3.56. The second-order valence-electron chi connectivity index (χ2n) is 1.21. The zero-order valence-electron chi connectivity index (χ0n) is 3.21. The molecule has 0 saturated heterocycles. The molecule has 0 aliphatic carbocycles. The minimum absolute atomic E-state index is 1.17. The van der Waals surface area contributed by atoms with Crippen molar-refractivity contribution in [3.05, 3.63) is 12.8 Å². The zero-order chi connectivity index (χ0) is 3.58. The maximum atomic E-state index is 3.56. The van der Waals surface area contributed by atoms with E-state index in [9.17, 15) is 0 Å². The van der Waals surface area contributed by atoms with Gasteiger partial charge < -0.3 is 6.92 Å². The molecule has 25 valence electrons. The van der Waals surface area contributed by atoms with Crippen LogP contribution in [0.1, 0.15) is 13.8 Å². The summed E-state index contributed by atoms with van der Waals surface area (Å²) >= 11 is 0. The van der Waals surface area contributed by atoms with Gasteiger partial charge in [0.1, 0.15) is 0 Å². The Hall–Kier alpha value is 0.